The van der Waals surface area contributed by atoms with E-state index in [1.807, 2.05) is 0 Å². The second kappa shape index (κ2) is 19.0. The minimum absolute atomic E-state index is 0.962. The molecule has 0 nitrogen and oxygen atoms in total. The molecule has 0 aliphatic carbocycles. The first-order valence-electron chi connectivity index (χ1n) is 10.6. The molecule has 0 aliphatic heterocycles. The summed E-state index contributed by atoms with van der Waals surface area (Å²) in [5.41, 5.74) is 0. The van der Waals surface area contributed by atoms with Gasteiger partial charge in [-0.1, -0.05) is 136 Å². The predicted molar refractivity (Wildman–Crippen MR) is 103 cm³/mol. The molecule has 0 bridgehead atoms. The van der Waals surface area contributed by atoms with Gasteiger partial charge in [0.15, 0.2) is 0 Å². The van der Waals surface area contributed by atoms with Gasteiger partial charge >= 0.3 is 0 Å². The lowest BCUT2D eigenvalue weighted by Crippen LogP contribution is -1.93. The highest BCUT2D eigenvalue weighted by molar-refractivity contribution is 4.54. The van der Waals surface area contributed by atoms with Gasteiger partial charge in [-0.25, -0.2) is 0 Å². The maximum Gasteiger partial charge on any atom is -0.0443 e. The Morgan fingerprint density at radius 3 is 1.27 bits per heavy atom. The first kappa shape index (κ1) is 22.0. The van der Waals surface area contributed by atoms with Crippen molar-refractivity contribution in [3.8, 4) is 0 Å². The number of hydrogen-bond acceptors (Lipinski definition) is 0. The molecule has 0 saturated carbocycles. The summed E-state index contributed by atoms with van der Waals surface area (Å²) in [6.45, 7) is 8.63. The second-order valence-corrected chi connectivity index (χ2v) is 7.49. The summed E-state index contributed by atoms with van der Waals surface area (Å²) in [4.78, 5) is 0. The zero-order valence-electron chi connectivity index (χ0n) is 16.0. The molecule has 1 atom stereocenters. The SMILES string of the molecule is [CH2]CCCCCCCCCCCCCCCCC(C)CCC. The van der Waals surface area contributed by atoms with Gasteiger partial charge in [-0.3, -0.25) is 0 Å². The summed E-state index contributed by atoms with van der Waals surface area (Å²) in [5.74, 6) is 0.962. The Balaban J connectivity index is 3.00. The van der Waals surface area contributed by atoms with Crippen LogP contribution in [0.15, 0.2) is 0 Å². The van der Waals surface area contributed by atoms with Crippen molar-refractivity contribution < 1.29 is 0 Å². The fourth-order valence-corrected chi connectivity index (χ4v) is 3.43. The summed E-state index contributed by atoms with van der Waals surface area (Å²) in [5, 5.41) is 0. The summed E-state index contributed by atoms with van der Waals surface area (Å²) in [6.07, 6.45) is 25.7. The standard InChI is InChI=1S/C22H45/c1-4-6-7-8-9-10-11-12-13-14-15-16-17-18-19-21-22(3)20-5-2/h22H,1,4-21H2,2-3H3. The van der Waals surface area contributed by atoms with Gasteiger partial charge < -0.3 is 0 Å². The van der Waals surface area contributed by atoms with Crippen molar-refractivity contribution in [2.75, 3.05) is 0 Å². The molecule has 0 aromatic carbocycles. The van der Waals surface area contributed by atoms with Gasteiger partial charge in [0.1, 0.15) is 0 Å². The maximum atomic E-state index is 3.90. The normalized spacial score (nSPS) is 12.7. The van der Waals surface area contributed by atoms with Gasteiger partial charge in [-0.15, -0.1) is 0 Å². The molecule has 0 N–H and O–H groups in total. The molecule has 0 aromatic rings. The highest BCUT2D eigenvalue weighted by Crippen LogP contribution is 2.17. The predicted octanol–water partition coefficient (Wildman–Crippen LogP) is 8.50. The maximum absolute atomic E-state index is 3.90. The second-order valence-electron chi connectivity index (χ2n) is 7.49. The van der Waals surface area contributed by atoms with Crippen molar-refractivity contribution >= 4 is 0 Å². The van der Waals surface area contributed by atoms with Crippen LogP contribution in [0, 0.1) is 12.8 Å². The fourth-order valence-electron chi connectivity index (χ4n) is 3.43. The highest BCUT2D eigenvalue weighted by Gasteiger charge is 2.00. The van der Waals surface area contributed by atoms with Gasteiger partial charge in [0.2, 0.25) is 0 Å². The van der Waals surface area contributed by atoms with Crippen molar-refractivity contribution in [2.24, 2.45) is 5.92 Å². The van der Waals surface area contributed by atoms with Crippen molar-refractivity contribution in [3.05, 3.63) is 6.92 Å². The number of rotatable bonds is 18. The van der Waals surface area contributed by atoms with Crippen LogP contribution in [-0.2, 0) is 0 Å². The van der Waals surface area contributed by atoms with E-state index in [0.717, 1.165) is 12.3 Å². The molecule has 133 valence electrons. The lowest BCUT2D eigenvalue weighted by atomic mass is 9.98. The Kier molecular flexibility index (Phi) is 19.0. The van der Waals surface area contributed by atoms with Crippen LogP contribution in [0.1, 0.15) is 129 Å². The number of hydrogen-bond donors (Lipinski definition) is 0. The third kappa shape index (κ3) is 18.1. The molecule has 22 heavy (non-hydrogen) atoms. The smallest absolute Gasteiger partial charge is 0.0443 e. The van der Waals surface area contributed by atoms with E-state index < -0.39 is 0 Å². The van der Waals surface area contributed by atoms with E-state index in [1.54, 1.807) is 0 Å². The summed E-state index contributed by atoms with van der Waals surface area (Å²) < 4.78 is 0. The van der Waals surface area contributed by atoms with Gasteiger partial charge in [-0.2, -0.15) is 0 Å². The van der Waals surface area contributed by atoms with Crippen LogP contribution in [0.25, 0.3) is 0 Å². The topological polar surface area (TPSA) is 0 Å². The van der Waals surface area contributed by atoms with E-state index >= 15 is 0 Å². The quantitative estimate of drug-likeness (QED) is 0.223. The molecule has 1 radical (unpaired) electrons. The molecular formula is C22H45. The third-order valence-electron chi connectivity index (χ3n) is 4.98. The summed E-state index contributed by atoms with van der Waals surface area (Å²) in [6, 6.07) is 0. The largest absolute Gasteiger partial charge is 0.0654 e. The Morgan fingerprint density at radius 2 is 0.909 bits per heavy atom. The minimum Gasteiger partial charge on any atom is -0.0654 e. The highest BCUT2D eigenvalue weighted by atomic mass is 14.1. The van der Waals surface area contributed by atoms with Crippen LogP contribution in [0.3, 0.4) is 0 Å². The summed E-state index contributed by atoms with van der Waals surface area (Å²) in [7, 11) is 0. The van der Waals surface area contributed by atoms with Gasteiger partial charge in [0.05, 0.1) is 0 Å². The molecule has 0 aromatic heterocycles. The van der Waals surface area contributed by atoms with Crippen LogP contribution in [0.4, 0.5) is 0 Å². The monoisotopic (exact) mass is 309 g/mol. The third-order valence-corrected chi connectivity index (χ3v) is 4.98. The van der Waals surface area contributed by atoms with Crippen molar-refractivity contribution in [1.82, 2.24) is 0 Å². The molecule has 0 fully saturated rings. The molecule has 0 heterocycles. The average molecular weight is 310 g/mol. The van der Waals surface area contributed by atoms with E-state index in [1.165, 1.54) is 109 Å². The molecule has 0 amide bonds. The van der Waals surface area contributed by atoms with E-state index in [0.29, 0.717) is 0 Å². The Labute approximate surface area is 142 Å². The van der Waals surface area contributed by atoms with Gasteiger partial charge in [0, 0.05) is 0 Å². The van der Waals surface area contributed by atoms with Crippen LogP contribution in [0.5, 0.6) is 0 Å². The van der Waals surface area contributed by atoms with E-state index in [-0.39, 0.29) is 0 Å². The molecule has 0 aliphatic rings. The Hall–Kier alpha value is 0. The van der Waals surface area contributed by atoms with Crippen molar-refractivity contribution in [1.29, 1.82) is 0 Å². The van der Waals surface area contributed by atoms with E-state index in [4.69, 9.17) is 0 Å². The molecule has 1 unspecified atom stereocenters. The molecule has 0 rings (SSSR count). The molecular weight excluding hydrogens is 264 g/mol. The van der Waals surface area contributed by atoms with E-state index in [9.17, 15) is 0 Å². The van der Waals surface area contributed by atoms with E-state index in [2.05, 4.69) is 20.8 Å². The zero-order chi connectivity index (χ0) is 16.3. The zero-order valence-corrected chi connectivity index (χ0v) is 16.0. The first-order chi connectivity index (χ1) is 10.8. The summed E-state index contributed by atoms with van der Waals surface area (Å²) >= 11 is 0. The number of unbranched alkanes of at least 4 members (excludes halogenated alkanes) is 14. The molecule has 0 saturated heterocycles. The molecule has 0 spiro atoms. The van der Waals surface area contributed by atoms with Crippen molar-refractivity contribution in [3.63, 3.8) is 0 Å². The Bertz CT molecular complexity index is 184. The van der Waals surface area contributed by atoms with Crippen molar-refractivity contribution in [2.45, 2.75) is 129 Å². The molecule has 0 heteroatoms. The van der Waals surface area contributed by atoms with Gasteiger partial charge in [0.25, 0.3) is 0 Å². The van der Waals surface area contributed by atoms with Crippen LogP contribution in [-0.4, -0.2) is 0 Å². The lowest BCUT2D eigenvalue weighted by molar-refractivity contribution is 0.450. The average Bonchev–Trinajstić information content (AvgIpc) is 2.51. The minimum atomic E-state index is 0.962. The lowest BCUT2D eigenvalue weighted by Gasteiger charge is -2.09. The van der Waals surface area contributed by atoms with Crippen LogP contribution >= 0.6 is 0 Å². The first-order valence-corrected chi connectivity index (χ1v) is 10.6. The van der Waals surface area contributed by atoms with Gasteiger partial charge in [-0.05, 0) is 5.92 Å². The fraction of sp³-hybridized carbons (Fsp3) is 0.955. The Morgan fingerprint density at radius 1 is 0.545 bits per heavy atom. The van der Waals surface area contributed by atoms with Crippen LogP contribution in [0.2, 0.25) is 0 Å². The van der Waals surface area contributed by atoms with Crippen LogP contribution < -0.4 is 0 Å².